The molecule has 0 aliphatic carbocycles. The number of carbonyl (C=O) groups is 1. The number of benzene rings is 6. The Kier molecular flexibility index (Phi) is 22.3. The van der Waals surface area contributed by atoms with Crippen LogP contribution in [0.4, 0.5) is 0 Å². The summed E-state index contributed by atoms with van der Waals surface area (Å²) in [6.07, 6.45) is -10.9. The van der Waals surface area contributed by atoms with Gasteiger partial charge in [0, 0.05) is 6.92 Å². The Morgan fingerprint density at radius 1 is 0.481 bits per heavy atom. The summed E-state index contributed by atoms with van der Waals surface area (Å²) in [7, 11) is -2.62. The maximum Gasteiger partial charge on any atom is 0.327 e. The Morgan fingerprint density at radius 3 is 1.16 bits per heavy atom. The van der Waals surface area contributed by atoms with Crippen LogP contribution in [0.15, 0.2) is 182 Å². The maximum absolute atomic E-state index is 12.9. The van der Waals surface area contributed by atoms with E-state index in [1.807, 2.05) is 182 Å². The third-order valence-corrected chi connectivity index (χ3v) is 20.1. The lowest BCUT2D eigenvalue weighted by Crippen LogP contribution is -2.64. The number of hydrogen-bond acceptors (Lipinski definition) is 14. The Balaban J connectivity index is 1.18. The van der Waals surface area contributed by atoms with Crippen molar-refractivity contribution in [3.8, 4) is 0 Å². The van der Waals surface area contributed by atoms with Gasteiger partial charge in [-0.1, -0.05) is 203 Å². The lowest BCUT2D eigenvalue weighted by atomic mass is 9.98. The summed E-state index contributed by atoms with van der Waals surface area (Å²) < 4.78 is 80.8. The van der Waals surface area contributed by atoms with Crippen LogP contribution in [-0.2, 0) is 112 Å². The van der Waals surface area contributed by atoms with Gasteiger partial charge in [0.15, 0.2) is 14.6 Å². The number of carbonyl (C=O) groups excluding carboxylic acids is 1. The molecule has 0 bridgehead atoms. The molecule has 2 saturated heterocycles. The van der Waals surface area contributed by atoms with Crippen LogP contribution in [0.5, 0.6) is 0 Å². The van der Waals surface area contributed by atoms with Crippen molar-refractivity contribution in [2.24, 2.45) is 0 Å². The van der Waals surface area contributed by atoms with E-state index >= 15 is 0 Å². The van der Waals surface area contributed by atoms with Gasteiger partial charge in [0.2, 0.25) is 6.29 Å². The fourth-order valence-electron chi connectivity index (χ4n) is 9.00. The third kappa shape index (κ3) is 18.1. The van der Waals surface area contributed by atoms with E-state index in [2.05, 4.69) is 33.9 Å². The highest BCUT2D eigenvalue weighted by molar-refractivity contribution is 8.07. The molecule has 0 aromatic heterocycles. The van der Waals surface area contributed by atoms with Crippen molar-refractivity contribution < 1.29 is 65.8 Å². The Labute approximate surface area is 471 Å². The lowest BCUT2D eigenvalue weighted by Gasteiger charge is -2.50. The monoisotopic (exact) mass is 1130 g/mol. The van der Waals surface area contributed by atoms with Crippen LogP contribution in [0.1, 0.15) is 61.1 Å². The molecule has 0 amide bonds. The largest absolute Gasteiger partial charge is 0.433 e. The molecule has 2 aliphatic rings. The zero-order chi connectivity index (χ0) is 55.7. The van der Waals surface area contributed by atoms with E-state index in [0.717, 1.165) is 33.4 Å². The molecule has 79 heavy (non-hydrogen) atoms. The molecule has 0 spiro atoms. The first kappa shape index (κ1) is 60.3. The molecule has 6 aromatic carbocycles. The molecule has 6 aromatic rings. The first-order valence-corrected chi connectivity index (χ1v) is 32.3. The Hall–Kier alpha value is -4.82. The minimum Gasteiger partial charge on any atom is -0.433 e. The molecule has 422 valence electrons. The lowest BCUT2D eigenvalue weighted by molar-refractivity contribution is -0.314. The molecule has 2 aliphatic heterocycles. The van der Waals surface area contributed by atoms with Crippen molar-refractivity contribution in [3.63, 3.8) is 0 Å². The average molecular weight is 1140 g/mol. The minimum absolute atomic E-state index is 0.0461. The highest BCUT2D eigenvalue weighted by Crippen LogP contribution is 2.52. The maximum atomic E-state index is 12.9. The molecule has 14 nitrogen and oxygen atoms in total. The topological polar surface area (TPSA) is 148 Å². The molecule has 11 atom stereocenters. The van der Waals surface area contributed by atoms with E-state index < -0.39 is 82.4 Å². The molecule has 17 heteroatoms. The number of hydrogen-bond donors (Lipinski definition) is 1. The van der Waals surface area contributed by atoms with Gasteiger partial charge in [-0.15, -0.1) is 0 Å². The first-order chi connectivity index (χ1) is 38.1. The van der Waals surface area contributed by atoms with Crippen LogP contribution >= 0.6 is 6.72 Å². The van der Waals surface area contributed by atoms with E-state index in [9.17, 15) is 9.69 Å². The molecule has 8 rings (SSSR count). The standard InChI is InChI=1S/C62H75O14PSSi/c1-45(63)71-60-58(69-41-50-33-21-11-22-34-50)56(67-39-48-29-17-9-18-30-48)54(52(72-60)43-65-37-46-25-13-7-14-26-46)74-77(64,78)75-61-59(70-42-51-35-23-12-24-36-51)57(68-40-49-31-19-10-20-32-49)55(76-79(5,6)62(2,3)4)53(73-61)44-66-38-47-27-15-8-16-28-47/h7-36,52-61H,37-44H2,1-6H3,(H,64,78)/t52-,53-,54-,55-,56+,57+,58-,59-,60?,61-,77?/m1/s1. The van der Waals surface area contributed by atoms with Crippen molar-refractivity contribution in [1.82, 2.24) is 0 Å². The normalized spacial score (nSPS) is 24.3. The van der Waals surface area contributed by atoms with Gasteiger partial charge in [0.25, 0.3) is 0 Å². The van der Waals surface area contributed by atoms with Gasteiger partial charge in [-0.25, -0.2) is 0 Å². The average Bonchev–Trinajstić information content (AvgIpc) is 3.54. The quantitative estimate of drug-likeness (QED) is 0.0296. The van der Waals surface area contributed by atoms with Crippen LogP contribution in [-0.4, -0.2) is 93.8 Å². The van der Waals surface area contributed by atoms with Crippen LogP contribution in [0.2, 0.25) is 18.1 Å². The highest BCUT2D eigenvalue weighted by Gasteiger charge is 2.56. The van der Waals surface area contributed by atoms with Crippen molar-refractivity contribution in [3.05, 3.63) is 215 Å². The summed E-state index contributed by atoms with van der Waals surface area (Å²) in [5.74, 6) is -0.614. The SMILES string of the molecule is CC(=O)OC1O[C@H](COCc2ccccc2)[C@@H](OP(O)(=S)O[C@H]2O[C@H](COCc3ccccc3)[C@@H](O[Si](C)(C)C(C)(C)C)[C@H](OCc3ccccc3)[C@H]2OCc2ccccc2)[C@H](OCc2ccccc2)[C@H]1OCc1ccccc1. The van der Waals surface area contributed by atoms with Crippen molar-refractivity contribution in [2.75, 3.05) is 13.2 Å². The smallest absolute Gasteiger partial charge is 0.327 e. The molecule has 2 heterocycles. The second-order valence-corrected chi connectivity index (χ2v) is 28.7. The van der Waals surface area contributed by atoms with Gasteiger partial charge >= 0.3 is 12.7 Å². The Bertz CT molecular complexity index is 2770. The summed E-state index contributed by atoms with van der Waals surface area (Å²) in [4.78, 5) is 25.8. The predicted octanol–water partition coefficient (Wildman–Crippen LogP) is 11.8. The van der Waals surface area contributed by atoms with Gasteiger partial charge in [-0.2, -0.15) is 0 Å². The van der Waals surface area contributed by atoms with Crippen LogP contribution in [0.3, 0.4) is 0 Å². The summed E-state index contributed by atoms with van der Waals surface area (Å²) >= 11 is 6.14. The molecular formula is C62H75O14PSSi. The van der Waals surface area contributed by atoms with Crippen molar-refractivity contribution in [2.45, 2.75) is 147 Å². The molecule has 0 saturated carbocycles. The molecular weight excluding hydrogens is 1060 g/mol. The fraction of sp³-hybridized carbons (Fsp3) is 0.403. The van der Waals surface area contributed by atoms with E-state index in [1.165, 1.54) is 6.92 Å². The zero-order valence-corrected chi connectivity index (χ0v) is 48.6. The van der Waals surface area contributed by atoms with Gasteiger partial charge in [-0.3, -0.25) is 13.8 Å². The second-order valence-electron chi connectivity index (χ2n) is 21.2. The van der Waals surface area contributed by atoms with E-state index in [1.54, 1.807) is 0 Å². The fourth-order valence-corrected chi connectivity index (χ4v) is 11.9. The van der Waals surface area contributed by atoms with Gasteiger partial charge in [0.1, 0.15) is 48.8 Å². The van der Waals surface area contributed by atoms with Crippen LogP contribution < -0.4 is 0 Å². The predicted molar refractivity (Wildman–Crippen MR) is 306 cm³/mol. The first-order valence-electron chi connectivity index (χ1n) is 26.8. The molecule has 1 N–H and O–H groups in total. The number of ether oxygens (including phenoxy) is 9. The van der Waals surface area contributed by atoms with E-state index in [0.29, 0.717) is 0 Å². The second kappa shape index (κ2) is 29.2. The summed E-state index contributed by atoms with van der Waals surface area (Å²) in [5, 5.41) is -0.222. The van der Waals surface area contributed by atoms with Crippen LogP contribution in [0.25, 0.3) is 0 Å². The van der Waals surface area contributed by atoms with Gasteiger partial charge in [-0.05, 0) is 63.3 Å². The summed E-state index contributed by atoms with van der Waals surface area (Å²) in [6, 6.07) is 58.2. The summed E-state index contributed by atoms with van der Waals surface area (Å²) in [5.41, 5.74) is 5.34. The minimum atomic E-state index is -4.54. The number of rotatable bonds is 27. The van der Waals surface area contributed by atoms with Crippen molar-refractivity contribution in [1.29, 1.82) is 0 Å². The van der Waals surface area contributed by atoms with Crippen molar-refractivity contribution >= 4 is 32.8 Å². The number of esters is 1. The molecule has 0 radical (unpaired) electrons. The van der Waals surface area contributed by atoms with E-state index in [-0.39, 0.29) is 57.9 Å². The third-order valence-electron chi connectivity index (χ3n) is 14.1. The van der Waals surface area contributed by atoms with E-state index in [4.69, 9.17) is 67.9 Å². The Morgan fingerprint density at radius 2 is 0.797 bits per heavy atom. The molecule has 2 unspecified atom stereocenters. The highest BCUT2D eigenvalue weighted by atomic mass is 32.5. The molecule has 2 fully saturated rings. The zero-order valence-electron chi connectivity index (χ0n) is 45.9. The van der Waals surface area contributed by atoms with Gasteiger partial charge < -0.3 is 52.0 Å². The van der Waals surface area contributed by atoms with Gasteiger partial charge in [0.05, 0.1) is 52.9 Å². The summed E-state index contributed by atoms with van der Waals surface area (Å²) in [6.45, 7) is 8.49. The van der Waals surface area contributed by atoms with Crippen LogP contribution in [0, 0.1) is 0 Å².